The van der Waals surface area contributed by atoms with Crippen LogP contribution in [0.15, 0.2) is 218 Å². The summed E-state index contributed by atoms with van der Waals surface area (Å²) >= 11 is 1.91. The molecule has 0 spiro atoms. The van der Waals surface area contributed by atoms with Crippen LogP contribution in [0.4, 0.5) is 51.2 Å². The lowest BCUT2D eigenvalue weighted by molar-refractivity contribution is 0.590. The van der Waals surface area contributed by atoms with Crippen LogP contribution < -0.4 is 31.1 Å². The number of fused-ring (bicyclic) bond motifs is 9. The van der Waals surface area contributed by atoms with Crippen molar-refractivity contribution >= 4 is 117 Å². The molecular weight excluding hydrogens is 820 g/mol. The van der Waals surface area contributed by atoms with Crippen molar-refractivity contribution in [2.75, 3.05) is 14.7 Å². The highest BCUT2D eigenvalue weighted by Gasteiger charge is 2.43. The Hall–Kier alpha value is -7.80. The first-order valence-corrected chi connectivity index (χ1v) is 23.7. The maximum absolute atomic E-state index is 2.63. The molecule has 0 saturated carbocycles. The van der Waals surface area contributed by atoms with E-state index in [1.54, 1.807) is 0 Å². The van der Waals surface area contributed by atoms with Crippen LogP contribution in [0.3, 0.4) is 0 Å². The van der Waals surface area contributed by atoms with Gasteiger partial charge >= 0.3 is 0 Å². The van der Waals surface area contributed by atoms with Gasteiger partial charge in [-0.25, -0.2) is 0 Å². The van der Waals surface area contributed by atoms with Gasteiger partial charge in [0.15, 0.2) is 0 Å². The average molecular weight is 865 g/mol. The molecule has 2 aliphatic rings. The van der Waals surface area contributed by atoms with Crippen molar-refractivity contribution in [3.05, 3.63) is 224 Å². The van der Waals surface area contributed by atoms with Crippen molar-refractivity contribution in [1.82, 2.24) is 4.57 Å². The molecule has 0 fully saturated rings. The van der Waals surface area contributed by atoms with E-state index in [9.17, 15) is 0 Å². The summed E-state index contributed by atoms with van der Waals surface area (Å²) in [6.45, 7) is 6.91. The van der Waals surface area contributed by atoms with Crippen LogP contribution in [0.5, 0.6) is 0 Å². The predicted octanol–water partition coefficient (Wildman–Crippen LogP) is 14.8. The number of para-hydroxylation sites is 5. The summed E-state index contributed by atoms with van der Waals surface area (Å²) in [6, 6.07) is 80.6. The Balaban J connectivity index is 1.18. The van der Waals surface area contributed by atoms with Gasteiger partial charge in [0.25, 0.3) is 6.71 Å². The van der Waals surface area contributed by atoms with E-state index in [2.05, 4.69) is 258 Å². The average Bonchev–Trinajstić information content (AvgIpc) is 3.90. The Morgan fingerprint density at radius 3 is 1.61 bits per heavy atom. The van der Waals surface area contributed by atoms with Crippen LogP contribution >= 0.6 is 11.3 Å². The maximum Gasteiger partial charge on any atom is 0.252 e. The summed E-state index contributed by atoms with van der Waals surface area (Å²) in [4.78, 5) is 7.39. The lowest BCUT2D eigenvalue weighted by atomic mass is 9.34. The summed E-state index contributed by atoms with van der Waals surface area (Å²) < 4.78 is 5.27. The molecule has 9 aromatic carbocycles. The lowest BCUT2D eigenvalue weighted by Gasteiger charge is -2.42. The molecule has 2 aromatic heterocycles. The first-order valence-electron chi connectivity index (χ1n) is 22.9. The molecule has 0 saturated heterocycles. The van der Waals surface area contributed by atoms with Crippen LogP contribution in [-0.2, 0) is 5.41 Å². The lowest BCUT2D eigenvalue weighted by Crippen LogP contribution is -2.60. The van der Waals surface area contributed by atoms with Gasteiger partial charge in [0.2, 0.25) is 0 Å². The third-order valence-corrected chi connectivity index (χ3v) is 14.8. The van der Waals surface area contributed by atoms with Gasteiger partial charge in [-0.3, -0.25) is 0 Å². The number of hydrogen-bond acceptors (Lipinski definition) is 4. The van der Waals surface area contributed by atoms with Gasteiger partial charge < -0.3 is 19.3 Å². The molecule has 314 valence electrons. The minimum atomic E-state index is -0.0591. The Bertz CT molecular complexity index is 3570. The van der Waals surface area contributed by atoms with Crippen LogP contribution in [0.2, 0.25) is 0 Å². The molecule has 0 N–H and O–H groups in total. The minimum absolute atomic E-state index is 0.0228. The van der Waals surface area contributed by atoms with Gasteiger partial charge in [0, 0.05) is 66.7 Å². The van der Waals surface area contributed by atoms with Gasteiger partial charge in [0.05, 0.1) is 21.4 Å². The van der Waals surface area contributed by atoms with Gasteiger partial charge in [-0.1, -0.05) is 148 Å². The topological polar surface area (TPSA) is 14.7 Å². The fourth-order valence-corrected chi connectivity index (χ4v) is 11.9. The largest absolute Gasteiger partial charge is 0.311 e. The van der Waals surface area contributed by atoms with Gasteiger partial charge in [-0.15, -0.1) is 11.3 Å². The molecule has 0 atom stereocenters. The monoisotopic (exact) mass is 864 g/mol. The van der Waals surface area contributed by atoms with Crippen LogP contribution in [0.25, 0.3) is 36.9 Å². The predicted molar refractivity (Wildman–Crippen MR) is 284 cm³/mol. The summed E-state index contributed by atoms with van der Waals surface area (Å²) in [6.07, 6.45) is 0. The molecule has 66 heavy (non-hydrogen) atoms. The number of hydrogen-bond donors (Lipinski definition) is 0. The second-order valence-electron chi connectivity index (χ2n) is 18.6. The number of rotatable bonds is 7. The smallest absolute Gasteiger partial charge is 0.252 e. The molecule has 0 amide bonds. The molecule has 0 bridgehead atoms. The molecule has 0 aliphatic carbocycles. The molecule has 4 heterocycles. The quantitative estimate of drug-likeness (QED) is 0.148. The molecule has 11 aromatic rings. The first-order chi connectivity index (χ1) is 32.4. The fraction of sp³-hybridized carbons (Fsp3) is 0.0667. The summed E-state index contributed by atoms with van der Waals surface area (Å²) in [5.41, 5.74) is 19.1. The molecule has 4 nitrogen and oxygen atoms in total. The van der Waals surface area contributed by atoms with E-state index in [0.717, 1.165) is 39.8 Å². The molecule has 6 heteroatoms. The Morgan fingerprint density at radius 2 is 0.970 bits per heavy atom. The van der Waals surface area contributed by atoms with Crippen molar-refractivity contribution in [3.8, 4) is 5.69 Å². The highest BCUT2D eigenvalue weighted by molar-refractivity contribution is 7.26. The van der Waals surface area contributed by atoms with E-state index in [1.165, 1.54) is 70.2 Å². The molecular formula is C60H45BN4S. The van der Waals surface area contributed by atoms with Crippen molar-refractivity contribution in [2.45, 2.75) is 26.2 Å². The number of aromatic nitrogens is 1. The van der Waals surface area contributed by atoms with Gasteiger partial charge in [0.1, 0.15) is 0 Å². The number of nitrogens with zero attached hydrogens (tertiary/aromatic N) is 4. The van der Waals surface area contributed by atoms with Crippen LogP contribution in [0, 0.1) is 0 Å². The van der Waals surface area contributed by atoms with E-state index in [4.69, 9.17) is 0 Å². The van der Waals surface area contributed by atoms with E-state index in [0.29, 0.717) is 0 Å². The fourth-order valence-electron chi connectivity index (χ4n) is 10.7. The highest BCUT2D eigenvalue weighted by Crippen LogP contribution is 2.49. The van der Waals surface area contributed by atoms with E-state index in [-0.39, 0.29) is 12.1 Å². The number of anilines is 9. The van der Waals surface area contributed by atoms with Gasteiger partial charge in [-0.05, 0) is 118 Å². The second kappa shape index (κ2) is 14.9. The maximum atomic E-state index is 2.63. The highest BCUT2D eigenvalue weighted by atomic mass is 32.1. The number of benzene rings is 9. The first kappa shape index (κ1) is 38.6. The third-order valence-electron chi connectivity index (χ3n) is 13.6. The van der Waals surface area contributed by atoms with Crippen LogP contribution in [-0.4, -0.2) is 11.3 Å². The zero-order chi connectivity index (χ0) is 44.1. The Labute approximate surface area is 389 Å². The second-order valence-corrected chi connectivity index (χ2v) is 19.6. The van der Waals surface area contributed by atoms with Crippen molar-refractivity contribution in [3.63, 3.8) is 0 Å². The third kappa shape index (κ3) is 5.91. The van der Waals surface area contributed by atoms with Gasteiger partial charge in [-0.2, -0.15) is 0 Å². The van der Waals surface area contributed by atoms with Crippen LogP contribution in [0.1, 0.15) is 26.3 Å². The molecule has 0 unspecified atom stereocenters. The minimum Gasteiger partial charge on any atom is -0.311 e. The zero-order valence-corrected chi connectivity index (χ0v) is 37.9. The molecule has 0 radical (unpaired) electrons. The number of thiophene rings is 1. The summed E-state index contributed by atoms with van der Waals surface area (Å²) in [5.74, 6) is 0. The van der Waals surface area contributed by atoms with E-state index >= 15 is 0 Å². The Kier molecular flexibility index (Phi) is 8.71. The molecule has 13 rings (SSSR count). The Morgan fingerprint density at radius 1 is 0.424 bits per heavy atom. The van der Waals surface area contributed by atoms with Crippen molar-refractivity contribution < 1.29 is 0 Å². The van der Waals surface area contributed by atoms with Crippen molar-refractivity contribution in [2.24, 2.45) is 0 Å². The zero-order valence-electron chi connectivity index (χ0n) is 37.1. The SMILES string of the molecule is CC(C)(C)c1cccc(N2c3cc(N(c4ccccc4)c4ccccc4)ccc3B3c4c2cc(N(c2ccccc2)c2ccccc2)cc4-n2c4c3cccc4c3sc4ccccc4c32)c1. The normalized spacial score (nSPS) is 12.7. The molecule has 2 aliphatic heterocycles. The summed E-state index contributed by atoms with van der Waals surface area (Å²) in [5, 5.41) is 2.60. The van der Waals surface area contributed by atoms with E-state index in [1.807, 2.05) is 11.3 Å². The van der Waals surface area contributed by atoms with Crippen molar-refractivity contribution in [1.29, 1.82) is 0 Å². The summed E-state index contributed by atoms with van der Waals surface area (Å²) in [7, 11) is 0. The van der Waals surface area contributed by atoms with E-state index < -0.39 is 0 Å². The standard InChI is InChI=1S/C60H45BN4S/c1-60(2,3)40-20-18-29-45(36-40)64-52-37-46(62(41-21-8-4-9-22-41)42-23-10-5-11-24-42)34-35-50(52)61-51-32-19-31-49-57(51)65(58-48-30-16-17-33-55(48)66-59(49)58)54-39-47(38-53(64)56(54)61)63(43-25-12-6-13-26-43)44-27-14-7-15-28-44/h4-39H,1-3H3.